The number of thiocarbonyl (C=S) groups is 1. The zero-order valence-corrected chi connectivity index (χ0v) is 13.6. The largest absolute Gasteiger partial charge is 0.497 e. The van der Waals surface area contributed by atoms with Crippen LogP contribution in [-0.4, -0.2) is 29.0 Å². The maximum absolute atomic E-state index is 5.78. The quantitative estimate of drug-likeness (QED) is 0.844. The number of hydrogen-bond acceptors (Lipinski definition) is 4. The van der Waals surface area contributed by atoms with E-state index >= 15 is 0 Å². The minimum absolute atomic E-state index is 0.0367. The summed E-state index contributed by atoms with van der Waals surface area (Å²) in [5.41, 5.74) is 9.14. The Labute approximate surface area is 139 Å². The lowest BCUT2D eigenvalue weighted by Crippen LogP contribution is -2.38. The van der Waals surface area contributed by atoms with E-state index in [1.807, 2.05) is 30.5 Å². The molecule has 4 rings (SSSR count). The van der Waals surface area contributed by atoms with Crippen LogP contribution in [0.2, 0.25) is 0 Å². The molecule has 0 saturated heterocycles. The number of nitrogens with one attached hydrogen (secondary N) is 1. The molecule has 1 fully saturated rings. The molecule has 3 N–H and O–H groups in total. The van der Waals surface area contributed by atoms with Crippen LogP contribution >= 0.6 is 12.2 Å². The van der Waals surface area contributed by atoms with Crippen molar-refractivity contribution in [1.82, 2.24) is 10.3 Å². The molecule has 118 valence electrons. The van der Waals surface area contributed by atoms with Gasteiger partial charge in [-0.1, -0.05) is 0 Å². The van der Waals surface area contributed by atoms with Crippen molar-refractivity contribution < 1.29 is 4.74 Å². The van der Waals surface area contributed by atoms with E-state index in [2.05, 4.69) is 10.3 Å². The zero-order valence-electron chi connectivity index (χ0n) is 12.8. The van der Waals surface area contributed by atoms with E-state index in [0.29, 0.717) is 11.0 Å². The highest BCUT2D eigenvalue weighted by Crippen LogP contribution is 2.43. The molecule has 1 aromatic carbocycles. The van der Waals surface area contributed by atoms with Crippen molar-refractivity contribution in [3.63, 3.8) is 0 Å². The molecule has 1 saturated carbocycles. The third-order valence-corrected chi connectivity index (χ3v) is 4.74. The van der Waals surface area contributed by atoms with E-state index in [0.717, 1.165) is 35.1 Å². The molecule has 0 radical (unpaired) electrons. The number of methoxy groups -OCH3 is 1. The average Bonchev–Trinajstić information content (AvgIpc) is 3.17. The average molecular weight is 326 g/mol. The summed E-state index contributed by atoms with van der Waals surface area (Å²) in [6.07, 6.45) is 4.03. The van der Waals surface area contributed by atoms with Gasteiger partial charge in [-0.3, -0.25) is 9.98 Å². The molecular formula is C17H18N4OS. The standard InChI is InChI=1S/C17H18N4OS/c1-22-10-2-3-13-12(8-10)11(4-5-19-13)16(21-17(18)23)15-7-9-6-14(9)20-15/h2-5,8-9,15-16H,6-7H2,1H3,(H3,18,21,23)/t9?,15-,16-/m1/s1. The summed E-state index contributed by atoms with van der Waals surface area (Å²) in [7, 11) is 1.67. The first-order chi connectivity index (χ1) is 11.2. The van der Waals surface area contributed by atoms with Gasteiger partial charge in [0.2, 0.25) is 0 Å². The van der Waals surface area contributed by atoms with E-state index in [-0.39, 0.29) is 12.1 Å². The van der Waals surface area contributed by atoms with E-state index in [1.165, 1.54) is 5.71 Å². The fraction of sp³-hybridized carbons (Fsp3) is 0.353. The lowest BCUT2D eigenvalue weighted by atomic mass is 9.94. The van der Waals surface area contributed by atoms with Gasteiger partial charge in [-0.05, 0) is 54.9 Å². The number of rotatable bonds is 4. The number of aromatic nitrogens is 1. The highest BCUT2D eigenvalue weighted by atomic mass is 32.1. The second-order valence-electron chi connectivity index (χ2n) is 6.09. The van der Waals surface area contributed by atoms with Crippen LogP contribution in [0.5, 0.6) is 5.75 Å². The molecule has 6 heteroatoms. The molecule has 3 atom stereocenters. The summed E-state index contributed by atoms with van der Waals surface area (Å²) in [5.74, 6) is 1.47. The molecule has 2 aromatic rings. The Bertz CT molecular complexity index is 819. The number of nitrogens with two attached hydrogens (primary N) is 1. The second kappa shape index (κ2) is 5.45. The minimum atomic E-state index is -0.0367. The van der Waals surface area contributed by atoms with Gasteiger partial charge in [0, 0.05) is 23.2 Å². The SMILES string of the molecule is COc1ccc2nccc([C@@H](NC(N)=S)[C@H]3CC4CC4=N3)c2c1. The van der Waals surface area contributed by atoms with Gasteiger partial charge >= 0.3 is 0 Å². The normalized spacial score (nSPS) is 23.1. The summed E-state index contributed by atoms with van der Waals surface area (Å²) in [4.78, 5) is 9.27. The smallest absolute Gasteiger partial charge is 0.164 e. The fourth-order valence-corrected chi connectivity index (χ4v) is 3.55. The number of nitrogens with zero attached hydrogens (tertiary/aromatic N) is 2. The monoisotopic (exact) mass is 326 g/mol. The van der Waals surface area contributed by atoms with Gasteiger partial charge in [0.1, 0.15) is 5.75 Å². The fourth-order valence-electron chi connectivity index (χ4n) is 3.42. The van der Waals surface area contributed by atoms with Gasteiger partial charge in [-0.15, -0.1) is 0 Å². The predicted molar refractivity (Wildman–Crippen MR) is 94.9 cm³/mol. The van der Waals surface area contributed by atoms with Crippen molar-refractivity contribution in [2.75, 3.05) is 7.11 Å². The van der Waals surface area contributed by atoms with E-state index in [4.69, 9.17) is 27.7 Å². The van der Waals surface area contributed by atoms with E-state index in [1.54, 1.807) is 7.11 Å². The third-order valence-electron chi connectivity index (χ3n) is 4.62. The van der Waals surface area contributed by atoms with Crippen molar-refractivity contribution in [1.29, 1.82) is 0 Å². The Morgan fingerprint density at radius 3 is 3.00 bits per heavy atom. The molecule has 1 aliphatic heterocycles. The van der Waals surface area contributed by atoms with Crippen LogP contribution in [0.1, 0.15) is 24.4 Å². The molecule has 23 heavy (non-hydrogen) atoms. The Balaban J connectivity index is 1.81. The lowest BCUT2D eigenvalue weighted by Gasteiger charge is -2.25. The van der Waals surface area contributed by atoms with E-state index in [9.17, 15) is 0 Å². The Kier molecular flexibility index (Phi) is 3.41. The molecule has 1 aromatic heterocycles. The molecule has 0 spiro atoms. The molecule has 1 unspecified atom stereocenters. The zero-order chi connectivity index (χ0) is 16.0. The first kappa shape index (κ1) is 14.4. The summed E-state index contributed by atoms with van der Waals surface area (Å²) in [6, 6.07) is 8.04. The first-order valence-electron chi connectivity index (χ1n) is 7.71. The maximum Gasteiger partial charge on any atom is 0.164 e. The van der Waals surface area contributed by atoms with Crippen LogP contribution < -0.4 is 15.8 Å². The van der Waals surface area contributed by atoms with Gasteiger partial charge in [0.15, 0.2) is 5.11 Å². The Hall–Kier alpha value is -2.21. The van der Waals surface area contributed by atoms with Gasteiger partial charge in [-0.2, -0.15) is 0 Å². The van der Waals surface area contributed by atoms with Crippen molar-refractivity contribution in [2.45, 2.75) is 24.9 Å². The van der Waals surface area contributed by atoms with E-state index < -0.39 is 0 Å². The molecule has 2 aliphatic rings. The van der Waals surface area contributed by atoms with Gasteiger partial charge < -0.3 is 15.8 Å². The minimum Gasteiger partial charge on any atom is -0.497 e. The Morgan fingerprint density at radius 1 is 1.43 bits per heavy atom. The van der Waals surface area contributed by atoms with Crippen LogP contribution in [-0.2, 0) is 0 Å². The number of fused-ring (bicyclic) bond motifs is 2. The number of aliphatic imine (C=N–C) groups is 1. The number of pyridine rings is 1. The number of benzene rings is 1. The molecule has 5 nitrogen and oxygen atoms in total. The number of hydrogen-bond donors (Lipinski definition) is 2. The summed E-state index contributed by atoms with van der Waals surface area (Å²) in [6.45, 7) is 0. The molecular weight excluding hydrogens is 308 g/mol. The van der Waals surface area contributed by atoms with Crippen molar-refractivity contribution in [3.8, 4) is 5.75 Å². The van der Waals surface area contributed by atoms with Gasteiger partial charge in [-0.25, -0.2) is 0 Å². The van der Waals surface area contributed by atoms with Crippen molar-refractivity contribution in [2.24, 2.45) is 16.6 Å². The molecule has 2 heterocycles. The predicted octanol–water partition coefficient (Wildman–Crippen LogP) is 2.35. The highest BCUT2D eigenvalue weighted by Gasteiger charge is 2.43. The lowest BCUT2D eigenvalue weighted by molar-refractivity contribution is 0.415. The van der Waals surface area contributed by atoms with Crippen LogP contribution in [0.15, 0.2) is 35.5 Å². The van der Waals surface area contributed by atoms with Crippen LogP contribution in [0.4, 0.5) is 0 Å². The molecule has 1 aliphatic carbocycles. The summed E-state index contributed by atoms with van der Waals surface area (Å²) < 4.78 is 5.36. The maximum atomic E-state index is 5.78. The van der Waals surface area contributed by atoms with Crippen molar-refractivity contribution >= 4 is 33.9 Å². The molecule has 0 amide bonds. The highest BCUT2D eigenvalue weighted by molar-refractivity contribution is 7.80. The van der Waals surface area contributed by atoms with Crippen molar-refractivity contribution in [3.05, 3.63) is 36.0 Å². The van der Waals surface area contributed by atoms with Gasteiger partial charge in [0.25, 0.3) is 0 Å². The molecule has 0 bridgehead atoms. The topological polar surface area (TPSA) is 72.5 Å². The Morgan fingerprint density at radius 2 is 2.30 bits per heavy atom. The van der Waals surface area contributed by atoms with Gasteiger partial charge in [0.05, 0.1) is 24.7 Å². The summed E-state index contributed by atoms with van der Waals surface area (Å²) in [5, 5.41) is 4.58. The second-order valence-corrected chi connectivity index (χ2v) is 6.53. The van der Waals surface area contributed by atoms with Crippen LogP contribution in [0.25, 0.3) is 10.9 Å². The van der Waals surface area contributed by atoms with Crippen LogP contribution in [0, 0.1) is 5.92 Å². The number of ether oxygens (including phenoxy) is 1. The van der Waals surface area contributed by atoms with Crippen LogP contribution in [0.3, 0.4) is 0 Å². The summed E-state index contributed by atoms with van der Waals surface area (Å²) >= 11 is 5.10. The first-order valence-corrected chi connectivity index (χ1v) is 8.11. The third kappa shape index (κ3) is 2.63.